The molecule has 0 spiro atoms. The number of aromatic nitrogens is 3. The highest BCUT2D eigenvalue weighted by Gasteiger charge is 2.37. The lowest BCUT2D eigenvalue weighted by Crippen LogP contribution is -2.15. The van der Waals surface area contributed by atoms with Crippen molar-refractivity contribution >= 4 is 27.5 Å². The number of benzene rings is 5. The fourth-order valence-electron chi connectivity index (χ4n) is 6.88. The van der Waals surface area contributed by atoms with Crippen LogP contribution in [0.15, 0.2) is 144 Å². The fraction of sp³-hybridized carbons (Fsp3) is 0.0930. The van der Waals surface area contributed by atoms with E-state index in [4.69, 9.17) is 19.4 Å². The molecule has 1 aliphatic rings. The second kappa shape index (κ2) is 11.2. The molecular weight excluding hydrogens is 574 g/mol. The van der Waals surface area contributed by atoms with Crippen LogP contribution in [0.3, 0.4) is 0 Å². The largest absolute Gasteiger partial charge is 0.456 e. The quantitative estimate of drug-likeness (QED) is 0.177. The Hall–Kier alpha value is -5.87. The molecule has 0 atom stereocenters. The highest BCUT2D eigenvalue weighted by Crippen LogP contribution is 2.53. The van der Waals surface area contributed by atoms with Crippen molar-refractivity contribution < 1.29 is 4.42 Å². The van der Waals surface area contributed by atoms with E-state index in [2.05, 4.69) is 99.3 Å². The predicted octanol–water partition coefficient (Wildman–Crippen LogP) is 11.2. The van der Waals surface area contributed by atoms with Crippen molar-refractivity contribution in [3.05, 3.63) is 157 Å². The van der Waals surface area contributed by atoms with Gasteiger partial charge in [0.05, 0.1) is 0 Å². The number of rotatable bonds is 6. The van der Waals surface area contributed by atoms with Crippen LogP contribution in [0.4, 0.5) is 0 Å². The van der Waals surface area contributed by atoms with Gasteiger partial charge in [0, 0.05) is 27.3 Å². The van der Waals surface area contributed by atoms with Crippen LogP contribution in [0.1, 0.15) is 37.7 Å². The molecule has 0 aliphatic heterocycles. The monoisotopic (exact) mass is 607 g/mol. The molecule has 5 aromatic carbocycles. The highest BCUT2D eigenvalue weighted by atomic mass is 16.3. The number of furan rings is 1. The summed E-state index contributed by atoms with van der Waals surface area (Å²) in [6, 6.07) is 38.1. The Balaban J connectivity index is 1.21. The van der Waals surface area contributed by atoms with Crippen LogP contribution in [0.25, 0.3) is 72.5 Å². The van der Waals surface area contributed by atoms with Gasteiger partial charge in [-0.15, -0.1) is 0 Å². The van der Waals surface area contributed by atoms with Gasteiger partial charge in [-0.1, -0.05) is 136 Å². The van der Waals surface area contributed by atoms with Crippen molar-refractivity contribution in [2.45, 2.75) is 26.2 Å². The molecule has 2 heterocycles. The Kier molecular flexibility index (Phi) is 6.80. The molecule has 8 rings (SSSR count). The van der Waals surface area contributed by atoms with Crippen LogP contribution >= 0.6 is 0 Å². The van der Waals surface area contributed by atoms with Gasteiger partial charge < -0.3 is 4.42 Å². The van der Waals surface area contributed by atoms with E-state index in [1.165, 1.54) is 27.6 Å². The first-order chi connectivity index (χ1) is 22.9. The lowest BCUT2D eigenvalue weighted by Gasteiger charge is -2.22. The summed E-state index contributed by atoms with van der Waals surface area (Å²) in [6.07, 6.45) is 7.57. The molecule has 7 aromatic rings. The first-order valence-electron chi connectivity index (χ1n) is 15.9. The van der Waals surface area contributed by atoms with Crippen molar-refractivity contribution in [2.24, 2.45) is 0 Å². The Bertz CT molecular complexity index is 2390. The van der Waals surface area contributed by atoms with Gasteiger partial charge in [0.15, 0.2) is 17.5 Å². The van der Waals surface area contributed by atoms with Crippen LogP contribution in [0, 0.1) is 0 Å². The lowest BCUT2D eigenvalue weighted by atomic mass is 9.80. The van der Waals surface area contributed by atoms with E-state index in [1.54, 1.807) is 6.08 Å². The zero-order chi connectivity index (χ0) is 32.1. The number of hydrogen-bond donors (Lipinski definition) is 0. The first kappa shape index (κ1) is 28.6. The maximum absolute atomic E-state index is 6.41. The molecule has 4 nitrogen and oxygen atoms in total. The van der Waals surface area contributed by atoms with Gasteiger partial charge in [-0.05, 0) is 64.1 Å². The number of nitrogens with zero attached hydrogens (tertiary/aromatic N) is 3. The van der Waals surface area contributed by atoms with Crippen molar-refractivity contribution in [3.63, 3.8) is 0 Å². The molecule has 0 bridgehead atoms. The van der Waals surface area contributed by atoms with E-state index < -0.39 is 0 Å². The summed E-state index contributed by atoms with van der Waals surface area (Å²) < 4.78 is 6.41. The number of hydrogen-bond acceptors (Lipinski definition) is 4. The Labute approximate surface area is 274 Å². The van der Waals surface area contributed by atoms with Crippen LogP contribution in [-0.2, 0) is 5.41 Å². The molecule has 0 amide bonds. The molecule has 0 N–H and O–H groups in total. The van der Waals surface area contributed by atoms with Crippen LogP contribution in [-0.4, -0.2) is 15.0 Å². The highest BCUT2D eigenvalue weighted by molar-refractivity contribution is 6.12. The zero-order valence-corrected chi connectivity index (χ0v) is 26.7. The standard InChI is InChI=1S/C43H33N3O/c1-5-6-8-13-27(2)40-44-41(29-14-9-7-10-15-29)46-42(45-40)30-20-18-28(19-21-30)31-22-24-36-34(26-31)38-37(47-36)25-23-33-32-16-11-12-17-35(32)43(3,4)39(33)38/h5-26H,1H2,2-4H3/b8-6-,27-13+. The third-order valence-corrected chi connectivity index (χ3v) is 9.24. The summed E-state index contributed by atoms with van der Waals surface area (Å²) in [6.45, 7) is 10.4. The summed E-state index contributed by atoms with van der Waals surface area (Å²) in [5, 5.41) is 2.34. The summed E-state index contributed by atoms with van der Waals surface area (Å²) in [5.41, 5.74) is 12.1. The molecule has 1 aliphatic carbocycles. The summed E-state index contributed by atoms with van der Waals surface area (Å²) in [5.74, 6) is 1.92. The Morgan fingerprint density at radius 3 is 2.09 bits per heavy atom. The van der Waals surface area contributed by atoms with Crippen molar-refractivity contribution in [1.82, 2.24) is 15.0 Å². The summed E-state index contributed by atoms with van der Waals surface area (Å²) in [7, 11) is 0. The summed E-state index contributed by atoms with van der Waals surface area (Å²) >= 11 is 0. The van der Waals surface area contributed by atoms with Gasteiger partial charge in [0.1, 0.15) is 11.2 Å². The van der Waals surface area contributed by atoms with Gasteiger partial charge in [-0.3, -0.25) is 0 Å². The number of allylic oxidation sites excluding steroid dienone is 5. The second-order valence-corrected chi connectivity index (χ2v) is 12.6. The molecule has 0 saturated heterocycles. The van der Waals surface area contributed by atoms with Gasteiger partial charge in [0.2, 0.25) is 0 Å². The molecule has 4 heteroatoms. The molecule has 0 radical (unpaired) electrons. The smallest absolute Gasteiger partial charge is 0.164 e. The minimum absolute atomic E-state index is 0.128. The second-order valence-electron chi connectivity index (χ2n) is 12.6. The minimum Gasteiger partial charge on any atom is -0.456 e. The van der Waals surface area contributed by atoms with E-state index in [1.807, 2.05) is 55.5 Å². The molecule has 0 fully saturated rings. The third kappa shape index (κ3) is 4.81. The van der Waals surface area contributed by atoms with Gasteiger partial charge in [-0.25, -0.2) is 15.0 Å². The molecular formula is C43H33N3O. The zero-order valence-electron chi connectivity index (χ0n) is 26.7. The Morgan fingerprint density at radius 1 is 0.660 bits per heavy atom. The maximum Gasteiger partial charge on any atom is 0.164 e. The summed E-state index contributed by atoms with van der Waals surface area (Å²) in [4.78, 5) is 14.6. The van der Waals surface area contributed by atoms with Crippen LogP contribution < -0.4 is 0 Å². The Morgan fingerprint density at radius 2 is 1.32 bits per heavy atom. The third-order valence-electron chi connectivity index (χ3n) is 9.24. The van der Waals surface area contributed by atoms with E-state index in [-0.39, 0.29) is 5.41 Å². The molecule has 47 heavy (non-hydrogen) atoms. The van der Waals surface area contributed by atoms with Crippen molar-refractivity contribution in [1.29, 1.82) is 0 Å². The fourth-order valence-corrected chi connectivity index (χ4v) is 6.88. The van der Waals surface area contributed by atoms with Gasteiger partial charge >= 0.3 is 0 Å². The van der Waals surface area contributed by atoms with Gasteiger partial charge in [-0.2, -0.15) is 0 Å². The number of fused-ring (bicyclic) bond motifs is 7. The SMILES string of the molecule is C=C/C=C\C=C(/C)c1nc(-c2ccccc2)nc(-c2ccc(-c3ccc4oc5ccc6c(c5c4c3)C(C)(C)c3ccccc3-6)cc2)n1. The maximum atomic E-state index is 6.41. The van der Waals surface area contributed by atoms with Gasteiger partial charge in [0.25, 0.3) is 0 Å². The molecule has 2 aromatic heterocycles. The van der Waals surface area contributed by atoms with E-state index >= 15 is 0 Å². The molecule has 226 valence electrons. The average Bonchev–Trinajstić information content (AvgIpc) is 3.60. The van der Waals surface area contributed by atoms with Crippen LogP contribution in [0.5, 0.6) is 0 Å². The van der Waals surface area contributed by atoms with Crippen molar-refractivity contribution in [3.8, 4) is 45.0 Å². The predicted molar refractivity (Wildman–Crippen MR) is 194 cm³/mol. The van der Waals surface area contributed by atoms with E-state index in [9.17, 15) is 0 Å². The van der Waals surface area contributed by atoms with E-state index in [0.717, 1.165) is 44.4 Å². The molecule has 0 unspecified atom stereocenters. The topological polar surface area (TPSA) is 51.8 Å². The van der Waals surface area contributed by atoms with Crippen LogP contribution in [0.2, 0.25) is 0 Å². The average molecular weight is 608 g/mol. The van der Waals surface area contributed by atoms with Crippen molar-refractivity contribution in [2.75, 3.05) is 0 Å². The lowest BCUT2D eigenvalue weighted by molar-refractivity contribution is 0.657. The van der Waals surface area contributed by atoms with E-state index in [0.29, 0.717) is 17.5 Å². The molecule has 0 saturated carbocycles. The normalized spacial score (nSPS) is 13.7. The minimum atomic E-state index is -0.128. The first-order valence-corrected chi connectivity index (χ1v) is 15.9.